The highest BCUT2D eigenvalue weighted by Gasteiger charge is 2.31. The molecule has 0 bridgehead atoms. The SMILES string of the molecule is CC1=CC(=O)C(C(=O)/C(C)=C/c2ccccc2)=C(SCc2ccccc2)C1=O. The van der Waals surface area contributed by atoms with Crippen LogP contribution in [0.4, 0.5) is 0 Å². The second-order valence-corrected chi connectivity index (χ2v) is 7.55. The maximum Gasteiger partial charge on any atom is 0.196 e. The molecule has 0 amide bonds. The van der Waals surface area contributed by atoms with Crippen LogP contribution in [-0.2, 0) is 20.1 Å². The average molecular weight is 388 g/mol. The normalized spacial score (nSPS) is 14.9. The van der Waals surface area contributed by atoms with Gasteiger partial charge >= 0.3 is 0 Å². The van der Waals surface area contributed by atoms with Crippen molar-refractivity contribution in [3.63, 3.8) is 0 Å². The van der Waals surface area contributed by atoms with E-state index in [-0.39, 0.29) is 16.3 Å². The number of allylic oxidation sites excluding steroid dienone is 5. The fraction of sp³-hybridized carbons (Fsp3) is 0.125. The molecule has 0 unspecified atom stereocenters. The second kappa shape index (κ2) is 8.81. The molecule has 2 aromatic rings. The van der Waals surface area contributed by atoms with Crippen molar-refractivity contribution in [2.45, 2.75) is 19.6 Å². The molecule has 4 heteroatoms. The van der Waals surface area contributed by atoms with Gasteiger partial charge < -0.3 is 0 Å². The lowest BCUT2D eigenvalue weighted by molar-refractivity contribution is -0.119. The minimum atomic E-state index is -0.404. The maximum atomic E-state index is 13.0. The molecule has 0 aromatic heterocycles. The molecule has 140 valence electrons. The molecule has 0 atom stereocenters. The monoisotopic (exact) mass is 388 g/mol. The summed E-state index contributed by atoms with van der Waals surface area (Å²) in [5.74, 6) is -0.544. The Balaban J connectivity index is 1.95. The second-order valence-electron chi connectivity index (χ2n) is 6.57. The third-order valence-electron chi connectivity index (χ3n) is 4.38. The molecule has 2 aromatic carbocycles. The first-order chi connectivity index (χ1) is 13.5. The van der Waals surface area contributed by atoms with Crippen LogP contribution in [0.25, 0.3) is 6.08 Å². The number of hydrogen-bond donors (Lipinski definition) is 0. The van der Waals surface area contributed by atoms with E-state index in [0.29, 0.717) is 16.9 Å². The van der Waals surface area contributed by atoms with Crippen LogP contribution in [0.5, 0.6) is 0 Å². The Hall–Kier alpha value is -2.98. The van der Waals surface area contributed by atoms with E-state index >= 15 is 0 Å². The van der Waals surface area contributed by atoms with Crippen molar-refractivity contribution in [2.24, 2.45) is 0 Å². The zero-order valence-electron chi connectivity index (χ0n) is 15.8. The largest absolute Gasteiger partial charge is 0.289 e. The van der Waals surface area contributed by atoms with E-state index < -0.39 is 11.6 Å². The topological polar surface area (TPSA) is 51.2 Å². The molecule has 28 heavy (non-hydrogen) atoms. The summed E-state index contributed by atoms with van der Waals surface area (Å²) in [6.07, 6.45) is 3.00. The van der Waals surface area contributed by atoms with Crippen LogP contribution < -0.4 is 0 Å². The van der Waals surface area contributed by atoms with Crippen LogP contribution in [0.1, 0.15) is 25.0 Å². The number of ketones is 3. The molecule has 1 aliphatic rings. The van der Waals surface area contributed by atoms with Crippen LogP contribution in [0, 0.1) is 0 Å². The first-order valence-corrected chi connectivity index (χ1v) is 9.92. The van der Waals surface area contributed by atoms with Crippen molar-refractivity contribution in [3.05, 3.63) is 99.5 Å². The predicted octanol–water partition coefficient (Wildman–Crippen LogP) is 4.94. The van der Waals surface area contributed by atoms with E-state index in [1.165, 1.54) is 17.8 Å². The lowest BCUT2D eigenvalue weighted by atomic mass is 9.91. The third-order valence-corrected chi connectivity index (χ3v) is 5.54. The van der Waals surface area contributed by atoms with Gasteiger partial charge in [0, 0.05) is 11.3 Å². The predicted molar refractivity (Wildman–Crippen MR) is 114 cm³/mol. The van der Waals surface area contributed by atoms with Gasteiger partial charge in [-0.2, -0.15) is 0 Å². The first kappa shape index (κ1) is 19.8. The van der Waals surface area contributed by atoms with Gasteiger partial charge in [0.1, 0.15) is 0 Å². The lowest BCUT2D eigenvalue weighted by Gasteiger charge is -2.16. The van der Waals surface area contributed by atoms with Gasteiger partial charge in [0.2, 0.25) is 0 Å². The number of carbonyl (C=O) groups excluding carboxylic acids is 3. The van der Waals surface area contributed by atoms with Gasteiger partial charge in [-0.1, -0.05) is 60.7 Å². The summed E-state index contributed by atoms with van der Waals surface area (Å²) in [7, 11) is 0. The zero-order chi connectivity index (χ0) is 20.1. The minimum Gasteiger partial charge on any atom is -0.289 e. The summed E-state index contributed by atoms with van der Waals surface area (Å²) in [6, 6.07) is 19.1. The molecule has 0 radical (unpaired) electrons. The van der Waals surface area contributed by atoms with Gasteiger partial charge in [-0.25, -0.2) is 0 Å². The number of thioether (sulfide) groups is 1. The Bertz CT molecular complexity index is 1010. The van der Waals surface area contributed by atoms with Crippen LogP contribution in [0.2, 0.25) is 0 Å². The molecular weight excluding hydrogens is 368 g/mol. The summed E-state index contributed by atoms with van der Waals surface area (Å²) in [6.45, 7) is 3.28. The van der Waals surface area contributed by atoms with Crippen molar-refractivity contribution >= 4 is 35.2 Å². The fourth-order valence-corrected chi connectivity index (χ4v) is 4.02. The van der Waals surface area contributed by atoms with Crippen molar-refractivity contribution in [3.8, 4) is 0 Å². The molecule has 3 nitrogen and oxygen atoms in total. The van der Waals surface area contributed by atoms with Crippen molar-refractivity contribution in [1.29, 1.82) is 0 Å². The van der Waals surface area contributed by atoms with E-state index in [0.717, 1.165) is 11.1 Å². The number of benzene rings is 2. The Morgan fingerprint density at radius 2 is 1.57 bits per heavy atom. The van der Waals surface area contributed by atoms with Gasteiger partial charge in [-0.3, -0.25) is 14.4 Å². The number of hydrogen-bond acceptors (Lipinski definition) is 4. The van der Waals surface area contributed by atoms with Crippen molar-refractivity contribution in [2.75, 3.05) is 0 Å². The van der Waals surface area contributed by atoms with E-state index in [1.807, 2.05) is 60.7 Å². The number of Topliss-reactive ketones (excluding diaryl/α,β-unsaturated/α-hetero) is 2. The van der Waals surface area contributed by atoms with Gasteiger partial charge in [0.15, 0.2) is 17.3 Å². The first-order valence-electron chi connectivity index (χ1n) is 8.93. The van der Waals surface area contributed by atoms with Crippen molar-refractivity contribution < 1.29 is 14.4 Å². The summed E-state index contributed by atoms with van der Waals surface area (Å²) in [4.78, 5) is 38.6. The standard InChI is InChI=1S/C24H20O3S/c1-16(13-18-9-5-3-6-10-18)22(26)21-20(25)14-17(2)23(27)24(21)28-15-19-11-7-4-8-12-19/h3-14H,15H2,1-2H3/b16-13+. The van der Waals surface area contributed by atoms with E-state index in [1.54, 1.807) is 19.9 Å². The van der Waals surface area contributed by atoms with E-state index in [4.69, 9.17) is 0 Å². The summed E-state index contributed by atoms with van der Waals surface area (Å²) in [5, 5.41) is 0. The van der Waals surface area contributed by atoms with Gasteiger partial charge in [0.05, 0.1) is 10.5 Å². The Kier molecular flexibility index (Phi) is 6.22. The quantitative estimate of drug-likeness (QED) is 0.399. The van der Waals surface area contributed by atoms with Gasteiger partial charge in [-0.05, 0) is 42.7 Å². The highest BCUT2D eigenvalue weighted by Crippen LogP contribution is 2.32. The molecule has 0 fully saturated rings. The third kappa shape index (κ3) is 4.46. The molecule has 0 spiro atoms. The van der Waals surface area contributed by atoms with Crippen LogP contribution in [0.3, 0.4) is 0 Å². The van der Waals surface area contributed by atoms with Crippen LogP contribution >= 0.6 is 11.8 Å². The molecule has 0 saturated carbocycles. The van der Waals surface area contributed by atoms with Crippen molar-refractivity contribution in [1.82, 2.24) is 0 Å². The maximum absolute atomic E-state index is 13.0. The lowest BCUT2D eigenvalue weighted by Crippen LogP contribution is -2.23. The Morgan fingerprint density at radius 3 is 2.21 bits per heavy atom. The van der Waals surface area contributed by atoms with E-state index in [9.17, 15) is 14.4 Å². The van der Waals surface area contributed by atoms with Gasteiger partial charge in [-0.15, -0.1) is 11.8 Å². The molecule has 1 aliphatic carbocycles. The van der Waals surface area contributed by atoms with Gasteiger partial charge in [0.25, 0.3) is 0 Å². The minimum absolute atomic E-state index is 0.0267. The smallest absolute Gasteiger partial charge is 0.196 e. The molecule has 3 rings (SSSR count). The molecule has 0 saturated heterocycles. The van der Waals surface area contributed by atoms with E-state index in [2.05, 4.69) is 0 Å². The van der Waals surface area contributed by atoms with Crippen LogP contribution in [-0.4, -0.2) is 17.3 Å². The highest BCUT2D eigenvalue weighted by atomic mass is 32.2. The zero-order valence-corrected chi connectivity index (χ0v) is 16.6. The van der Waals surface area contributed by atoms with Crippen LogP contribution in [0.15, 0.2) is 88.4 Å². The average Bonchev–Trinajstić information content (AvgIpc) is 2.70. The molecule has 0 N–H and O–H groups in total. The molecular formula is C24H20O3S. The Labute approximate surface area is 168 Å². The highest BCUT2D eigenvalue weighted by molar-refractivity contribution is 8.03. The fourth-order valence-electron chi connectivity index (χ4n) is 2.88. The molecule has 0 aliphatic heterocycles. The number of carbonyl (C=O) groups is 3. The summed E-state index contributed by atoms with van der Waals surface area (Å²) < 4.78 is 0. The summed E-state index contributed by atoms with van der Waals surface area (Å²) in [5.41, 5.74) is 2.65. The number of rotatable bonds is 6. The Morgan fingerprint density at radius 1 is 0.964 bits per heavy atom. The summed E-state index contributed by atoms with van der Waals surface area (Å²) >= 11 is 1.25. The molecule has 0 heterocycles.